The van der Waals surface area contributed by atoms with Gasteiger partial charge in [-0.3, -0.25) is 4.79 Å². The van der Waals surface area contributed by atoms with Crippen LogP contribution in [0.1, 0.15) is 17.0 Å². The Morgan fingerprint density at radius 1 is 1.16 bits per heavy atom. The second-order valence-electron chi connectivity index (χ2n) is 4.43. The van der Waals surface area contributed by atoms with Gasteiger partial charge in [0.25, 0.3) is 0 Å². The zero-order valence-corrected chi connectivity index (χ0v) is 11.6. The van der Waals surface area contributed by atoms with Gasteiger partial charge in [-0.05, 0) is 24.6 Å². The molecule has 0 aliphatic heterocycles. The minimum absolute atomic E-state index is 0.466. The van der Waals surface area contributed by atoms with E-state index in [0.717, 1.165) is 10.5 Å². The van der Waals surface area contributed by atoms with Crippen LogP contribution in [0.15, 0.2) is 59.5 Å². The van der Waals surface area contributed by atoms with E-state index < -0.39 is 11.9 Å². The van der Waals surface area contributed by atoms with Crippen molar-refractivity contribution in [2.75, 3.05) is 5.75 Å². The van der Waals surface area contributed by atoms with Crippen molar-refractivity contribution < 1.29 is 9.90 Å². The average molecular weight is 272 g/mol. The summed E-state index contributed by atoms with van der Waals surface area (Å²) in [7, 11) is 0. The van der Waals surface area contributed by atoms with Gasteiger partial charge in [-0.1, -0.05) is 48.0 Å². The van der Waals surface area contributed by atoms with Gasteiger partial charge in [-0.15, -0.1) is 11.8 Å². The number of hydrogen-bond acceptors (Lipinski definition) is 2. The lowest BCUT2D eigenvalue weighted by molar-refractivity contribution is -0.138. The largest absolute Gasteiger partial charge is 0.481 e. The maximum Gasteiger partial charge on any atom is 0.311 e. The van der Waals surface area contributed by atoms with Crippen LogP contribution in [-0.4, -0.2) is 16.8 Å². The monoisotopic (exact) mass is 272 g/mol. The van der Waals surface area contributed by atoms with Crippen molar-refractivity contribution in [2.24, 2.45) is 0 Å². The molecule has 0 saturated carbocycles. The number of aryl methyl sites for hydroxylation is 1. The second kappa shape index (κ2) is 6.43. The van der Waals surface area contributed by atoms with E-state index >= 15 is 0 Å². The Morgan fingerprint density at radius 3 is 2.53 bits per heavy atom. The molecule has 0 radical (unpaired) electrons. The van der Waals surface area contributed by atoms with E-state index in [9.17, 15) is 9.90 Å². The van der Waals surface area contributed by atoms with Gasteiger partial charge in [0.1, 0.15) is 0 Å². The lowest BCUT2D eigenvalue weighted by atomic mass is 10.0. The normalized spacial score (nSPS) is 12.1. The predicted molar refractivity (Wildman–Crippen MR) is 78.7 cm³/mol. The van der Waals surface area contributed by atoms with E-state index in [1.54, 1.807) is 11.8 Å². The van der Waals surface area contributed by atoms with Crippen molar-refractivity contribution in [3.05, 3.63) is 65.7 Å². The highest BCUT2D eigenvalue weighted by Crippen LogP contribution is 2.27. The van der Waals surface area contributed by atoms with Crippen molar-refractivity contribution in [1.29, 1.82) is 0 Å². The number of thioether (sulfide) groups is 1. The molecule has 0 heterocycles. The van der Waals surface area contributed by atoms with Crippen LogP contribution in [0, 0.1) is 6.92 Å². The molecule has 3 heteroatoms. The first-order valence-electron chi connectivity index (χ1n) is 6.14. The SMILES string of the molecule is Cc1cccc(SCC(C(=O)O)c2ccccc2)c1. The Labute approximate surface area is 117 Å². The fourth-order valence-electron chi connectivity index (χ4n) is 1.88. The quantitative estimate of drug-likeness (QED) is 0.837. The molecule has 2 aromatic rings. The number of aliphatic carboxylic acids is 1. The van der Waals surface area contributed by atoms with Gasteiger partial charge in [-0.2, -0.15) is 0 Å². The molecule has 1 unspecified atom stereocenters. The second-order valence-corrected chi connectivity index (χ2v) is 5.52. The fraction of sp³-hybridized carbons (Fsp3) is 0.188. The molecule has 0 saturated heterocycles. The highest BCUT2D eigenvalue weighted by molar-refractivity contribution is 7.99. The summed E-state index contributed by atoms with van der Waals surface area (Å²) in [4.78, 5) is 12.5. The van der Waals surface area contributed by atoms with Crippen molar-refractivity contribution in [2.45, 2.75) is 17.7 Å². The van der Waals surface area contributed by atoms with E-state index in [-0.39, 0.29) is 0 Å². The zero-order valence-electron chi connectivity index (χ0n) is 10.7. The highest BCUT2D eigenvalue weighted by atomic mass is 32.2. The summed E-state index contributed by atoms with van der Waals surface area (Å²) in [5.41, 5.74) is 2.05. The number of carbonyl (C=O) groups is 1. The number of benzene rings is 2. The van der Waals surface area contributed by atoms with Gasteiger partial charge in [0.05, 0.1) is 5.92 Å². The van der Waals surface area contributed by atoms with Crippen LogP contribution in [0.5, 0.6) is 0 Å². The van der Waals surface area contributed by atoms with E-state index in [2.05, 4.69) is 6.07 Å². The van der Waals surface area contributed by atoms with Crippen molar-refractivity contribution in [3.63, 3.8) is 0 Å². The minimum Gasteiger partial charge on any atom is -0.481 e. The Bertz CT molecular complexity index is 552. The van der Waals surface area contributed by atoms with Gasteiger partial charge in [0, 0.05) is 10.6 Å². The Balaban J connectivity index is 2.08. The van der Waals surface area contributed by atoms with Crippen LogP contribution >= 0.6 is 11.8 Å². The van der Waals surface area contributed by atoms with E-state index in [0.29, 0.717) is 5.75 Å². The van der Waals surface area contributed by atoms with Crippen molar-refractivity contribution in [3.8, 4) is 0 Å². The molecule has 2 nitrogen and oxygen atoms in total. The molecule has 0 aromatic heterocycles. The van der Waals surface area contributed by atoms with Gasteiger partial charge >= 0.3 is 5.97 Å². The predicted octanol–water partition coefficient (Wildman–Crippen LogP) is 3.96. The first-order chi connectivity index (χ1) is 9.16. The first-order valence-corrected chi connectivity index (χ1v) is 7.12. The molecule has 0 fully saturated rings. The summed E-state index contributed by atoms with van der Waals surface area (Å²) >= 11 is 1.59. The van der Waals surface area contributed by atoms with Crippen LogP contribution in [0.2, 0.25) is 0 Å². The van der Waals surface area contributed by atoms with Crippen LogP contribution in [0.4, 0.5) is 0 Å². The molecule has 2 rings (SSSR count). The molecular formula is C16H16O2S. The fourth-order valence-corrected chi connectivity index (χ4v) is 3.02. The highest BCUT2D eigenvalue weighted by Gasteiger charge is 2.19. The van der Waals surface area contributed by atoms with Gasteiger partial charge in [0.15, 0.2) is 0 Å². The summed E-state index contributed by atoms with van der Waals surface area (Å²) < 4.78 is 0. The van der Waals surface area contributed by atoms with Crippen LogP contribution in [0.3, 0.4) is 0 Å². The molecule has 0 spiro atoms. The smallest absolute Gasteiger partial charge is 0.311 e. The van der Waals surface area contributed by atoms with Crippen LogP contribution in [0.25, 0.3) is 0 Å². The molecule has 19 heavy (non-hydrogen) atoms. The van der Waals surface area contributed by atoms with E-state index in [4.69, 9.17) is 0 Å². The summed E-state index contributed by atoms with van der Waals surface area (Å²) in [6, 6.07) is 17.5. The maximum absolute atomic E-state index is 11.4. The third-order valence-corrected chi connectivity index (χ3v) is 3.99. The van der Waals surface area contributed by atoms with Crippen LogP contribution < -0.4 is 0 Å². The summed E-state index contributed by atoms with van der Waals surface area (Å²) in [5.74, 6) is -0.693. The third kappa shape index (κ3) is 3.86. The van der Waals surface area contributed by atoms with Crippen molar-refractivity contribution in [1.82, 2.24) is 0 Å². The number of carboxylic acids is 1. The van der Waals surface area contributed by atoms with Crippen LogP contribution in [-0.2, 0) is 4.79 Å². The number of hydrogen-bond donors (Lipinski definition) is 1. The number of carboxylic acid groups (broad SMARTS) is 1. The summed E-state index contributed by atoms with van der Waals surface area (Å²) in [6.45, 7) is 2.04. The summed E-state index contributed by atoms with van der Waals surface area (Å²) in [6.07, 6.45) is 0. The lowest BCUT2D eigenvalue weighted by Gasteiger charge is -2.12. The topological polar surface area (TPSA) is 37.3 Å². The first kappa shape index (κ1) is 13.7. The van der Waals surface area contributed by atoms with E-state index in [1.807, 2.05) is 55.5 Å². The number of rotatable bonds is 5. The molecule has 1 N–H and O–H groups in total. The molecule has 0 aliphatic carbocycles. The Hall–Kier alpha value is -1.74. The zero-order chi connectivity index (χ0) is 13.7. The standard InChI is InChI=1S/C16H16O2S/c1-12-6-5-9-14(10-12)19-11-15(16(17)18)13-7-3-2-4-8-13/h2-10,15H,11H2,1H3,(H,17,18). The maximum atomic E-state index is 11.4. The third-order valence-electron chi connectivity index (χ3n) is 2.91. The molecule has 2 aromatic carbocycles. The minimum atomic E-state index is -0.772. The molecular weight excluding hydrogens is 256 g/mol. The lowest BCUT2D eigenvalue weighted by Crippen LogP contribution is -2.14. The Kier molecular flexibility index (Phi) is 4.63. The van der Waals surface area contributed by atoms with Crippen molar-refractivity contribution >= 4 is 17.7 Å². The molecule has 0 amide bonds. The summed E-state index contributed by atoms with van der Waals surface area (Å²) in [5, 5.41) is 9.35. The Morgan fingerprint density at radius 2 is 1.89 bits per heavy atom. The molecule has 0 aliphatic rings. The van der Waals surface area contributed by atoms with Gasteiger partial charge in [0.2, 0.25) is 0 Å². The molecule has 1 atom stereocenters. The van der Waals surface area contributed by atoms with Gasteiger partial charge < -0.3 is 5.11 Å². The average Bonchev–Trinajstić information content (AvgIpc) is 2.40. The molecule has 98 valence electrons. The van der Waals surface area contributed by atoms with E-state index in [1.165, 1.54) is 5.56 Å². The van der Waals surface area contributed by atoms with Gasteiger partial charge in [-0.25, -0.2) is 0 Å². The molecule has 0 bridgehead atoms.